The Morgan fingerprint density at radius 1 is 1.03 bits per heavy atom. The first-order chi connectivity index (χ1) is 14.4. The van der Waals surface area contributed by atoms with Crippen LogP contribution in [0, 0.1) is 0 Å². The molecular weight excluding hydrogens is 382 g/mol. The van der Waals surface area contributed by atoms with E-state index in [2.05, 4.69) is 0 Å². The van der Waals surface area contributed by atoms with Crippen molar-refractivity contribution in [3.05, 3.63) is 71.3 Å². The summed E-state index contributed by atoms with van der Waals surface area (Å²) in [5, 5.41) is 0. The molecule has 1 fully saturated rings. The molecule has 3 rings (SSSR count). The van der Waals surface area contributed by atoms with Gasteiger partial charge in [-0.1, -0.05) is 48.9 Å². The molecule has 2 unspecified atom stereocenters. The summed E-state index contributed by atoms with van der Waals surface area (Å²) in [4.78, 5) is 38.1. The highest BCUT2D eigenvalue weighted by Gasteiger charge is 2.30. The number of hydrogen-bond donors (Lipinski definition) is 0. The fourth-order valence-electron chi connectivity index (χ4n) is 3.61. The predicted octanol–water partition coefficient (Wildman–Crippen LogP) is 4.36. The Morgan fingerprint density at radius 2 is 1.77 bits per heavy atom. The van der Waals surface area contributed by atoms with E-state index in [1.54, 1.807) is 18.2 Å². The van der Waals surface area contributed by atoms with Gasteiger partial charge in [0.05, 0.1) is 11.6 Å². The van der Waals surface area contributed by atoms with Gasteiger partial charge in [0.2, 0.25) is 6.29 Å². The first kappa shape index (κ1) is 21.6. The van der Waals surface area contributed by atoms with Gasteiger partial charge in [-0.25, -0.2) is 9.59 Å². The van der Waals surface area contributed by atoms with Crippen LogP contribution in [0.4, 0.5) is 4.79 Å². The van der Waals surface area contributed by atoms with Crippen LogP contribution in [0.3, 0.4) is 0 Å². The summed E-state index contributed by atoms with van der Waals surface area (Å²) >= 11 is 0. The van der Waals surface area contributed by atoms with E-state index in [-0.39, 0.29) is 5.78 Å². The molecule has 2 atom stereocenters. The number of likely N-dealkylation sites (N-methyl/N-ethyl adjacent to an activating group) is 1. The van der Waals surface area contributed by atoms with E-state index in [0.29, 0.717) is 24.8 Å². The molecule has 6 nitrogen and oxygen atoms in total. The second kappa shape index (κ2) is 10.1. The zero-order chi connectivity index (χ0) is 21.5. The molecule has 1 saturated carbocycles. The molecule has 0 saturated heterocycles. The van der Waals surface area contributed by atoms with E-state index in [1.807, 2.05) is 36.4 Å². The van der Waals surface area contributed by atoms with Gasteiger partial charge in [0.1, 0.15) is 0 Å². The Kier molecular flexibility index (Phi) is 7.22. The van der Waals surface area contributed by atoms with Crippen molar-refractivity contribution in [2.45, 2.75) is 51.4 Å². The smallest absolute Gasteiger partial charge is 0.413 e. The summed E-state index contributed by atoms with van der Waals surface area (Å²) in [6, 6.07) is 16.7. The minimum atomic E-state index is -1.07. The Labute approximate surface area is 176 Å². The van der Waals surface area contributed by atoms with Gasteiger partial charge in [-0.05, 0) is 42.5 Å². The van der Waals surface area contributed by atoms with Crippen molar-refractivity contribution in [2.75, 3.05) is 7.05 Å². The lowest BCUT2D eigenvalue weighted by Crippen LogP contribution is -2.45. The number of carbonyl (C=O) groups excluding carboxylic acids is 3. The third-order valence-electron chi connectivity index (χ3n) is 5.23. The van der Waals surface area contributed by atoms with Crippen LogP contribution in [-0.2, 0) is 20.7 Å². The van der Waals surface area contributed by atoms with Gasteiger partial charge in [0, 0.05) is 20.4 Å². The molecule has 0 aliphatic heterocycles. The lowest BCUT2D eigenvalue weighted by Gasteiger charge is -2.30. The SMILES string of the molecule is CC(OC(=O)c1cccc(Cc2ccccc2)c1)OC(=O)N(C)C1CCCCC1=O. The summed E-state index contributed by atoms with van der Waals surface area (Å²) in [5.41, 5.74) is 2.52. The number of nitrogens with zero attached hydrogens (tertiary/aromatic N) is 1. The average Bonchev–Trinajstić information content (AvgIpc) is 2.74. The largest absolute Gasteiger partial charge is 0.422 e. The number of ketones is 1. The summed E-state index contributed by atoms with van der Waals surface area (Å²) in [7, 11) is 1.54. The number of hydrogen-bond acceptors (Lipinski definition) is 5. The van der Waals surface area contributed by atoms with Crippen molar-refractivity contribution < 1.29 is 23.9 Å². The second-order valence-corrected chi connectivity index (χ2v) is 7.56. The highest BCUT2D eigenvalue weighted by atomic mass is 16.7. The fourth-order valence-corrected chi connectivity index (χ4v) is 3.61. The van der Waals surface area contributed by atoms with Gasteiger partial charge in [-0.2, -0.15) is 0 Å². The summed E-state index contributed by atoms with van der Waals surface area (Å²) in [5.74, 6) is -0.526. The zero-order valence-electron chi connectivity index (χ0n) is 17.4. The van der Waals surface area contributed by atoms with Crippen LogP contribution in [0.25, 0.3) is 0 Å². The lowest BCUT2D eigenvalue weighted by atomic mass is 9.93. The van der Waals surface area contributed by atoms with E-state index in [1.165, 1.54) is 18.9 Å². The van der Waals surface area contributed by atoms with Crippen LogP contribution >= 0.6 is 0 Å². The summed E-state index contributed by atoms with van der Waals surface area (Å²) in [6.45, 7) is 1.49. The van der Waals surface area contributed by atoms with Crippen molar-refractivity contribution in [1.82, 2.24) is 4.90 Å². The van der Waals surface area contributed by atoms with Crippen molar-refractivity contribution in [3.63, 3.8) is 0 Å². The van der Waals surface area contributed by atoms with Crippen LogP contribution in [0.1, 0.15) is 54.1 Å². The molecule has 0 heterocycles. The van der Waals surface area contributed by atoms with E-state index in [4.69, 9.17) is 9.47 Å². The third-order valence-corrected chi connectivity index (χ3v) is 5.23. The third kappa shape index (κ3) is 5.69. The van der Waals surface area contributed by atoms with Gasteiger partial charge in [-0.3, -0.25) is 4.79 Å². The standard InChI is InChI=1S/C24H27NO5/c1-17(30-24(28)25(2)21-13-6-7-14-22(21)26)29-23(27)20-12-8-11-19(16-20)15-18-9-4-3-5-10-18/h3-5,8-12,16-17,21H,6-7,13-15H2,1-2H3. The molecule has 6 heteroatoms. The summed E-state index contributed by atoms with van der Waals surface area (Å²) < 4.78 is 10.5. The number of esters is 1. The molecule has 0 aromatic heterocycles. The van der Waals surface area contributed by atoms with Crippen LogP contribution in [0.5, 0.6) is 0 Å². The maximum absolute atomic E-state index is 12.5. The Morgan fingerprint density at radius 3 is 2.50 bits per heavy atom. The van der Waals surface area contributed by atoms with E-state index in [9.17, 15) is 14.4 Å². The molecule has 2 aromatic rings. The number of amides is 1. The molecule has 1 amide bonds. The lowest BCUT2D eigenvalue weighted by molar-refractivity contribution is -0.126. The van der Waals surface area contributed by atoms with Gasteiger partial charge in [0.15, 0.2) is 5.78 Å². The maximum atomic E-state index is 12.5. The van der Waals surface area contributed by atoms with Gasteiger partial charge in [0.25, 0.3) is 0 Å². The number of benzene rings is 2. The van der Waals surface area contributed by atoms with Crippen molar-refractivity contribution in [2.24, 2.45) is 0 Å². The zero-order valence-corrected chi connectivity index (χ0v) is 17.4. The van der Waals surface area contributed by atoms with Crippen molar-refractivity contribution in [3.8, 4) is 0 Å². The highest BCUT2D eigenvalue weighted by molar-refractivity contribution is 5.90. The second-order valence-electron chi connectivity index (χ2n) is 7.56. The molecule has 0 radical (unpaired) electrons. The minimum Gasteiger partial charge on any atom is -0.422 e. The fraction of sp³-hybridized carbons (Fsp3) is 0.375. The van der Waals surface area contributed by atoms with Crippen LogP contribution < -0.4 is 0 Å². The monoisotopic (exact) mass is 409 g/mol. The Bertz CT molecular complexity index is 895. The first-order valence-corrected chi connectivity index (χ1v) is 10.2. The van der Waals surface area contributed by atoms with Gasteiger partial charge >= 0.3 is 12.1 Å². The van der Waals surface area contributed by atoms with Crippen LogP contribution in [0.2, 0.25) is 0 Å². The minimum absolute atomic E-state index is 0.0422. The molecule has 0 spiro atoms. The molecule has 2 aromatic carbocycles. The number of ether oxygens (including phenoxy) is 2. The highest BCUT2D eigenvalue weighted by Crippen LogP contribution is 2.20. The first-order valence-electron chi connectivity index (χ1n) is 10.2. The maximum Gasteiger partial charge on any atom is 0.413 e. The molecule has 1 aliphatic carbocycles. The van der Waals surface area contributed by atoms with Crippen LogP contribution in [0.15, 0.2) is 54.6 Å². The van der Waals surface area contributed by atoms with Gasteiger partial charge in [-0.15, -0.1) is 0 Å². The topological polar surface area (TPSA) is 72.9 Å². The van der Waals surface area contributed by atoms with E-state index >= 15 is 0 Å². The number of Topliss-reactive ketones (excluding diaryl/α,β-unsaturated/α-hetero) is 1. The molecule has 0 N–H and O–H groups in total. The summed E-state index contributed by atoms with van der Waals surface area (Å²) in [6.07, 6.45) is 1.83. The Hall–Kier alpha value is -3.15. The number of rotatable bonds is 6. The van der Waals surface area contributed by atoms with Crippen LogP contribution in [-0.4, -0.2) is 42.1 Å². The van der Waals surface area contributed by atoms with E-state index < -0.39 is 24.4 Å². The van der Waals surface area contributed by atoms with Crippen molar-refractivity contribution in [1.29, 1.82) is 0 Å². The molecule has 1 aliphatic rings. The van der Waals surface area contributed by atoms with Gasteiger partial charge < -0.3 is 14.4 Å². The van der Waals surface area contributed by atoms with Crippen molar-refractivity contribution >= 4 is 17.8 Å². The molecule has 30 heavy (non-hydrogen) atoms. The Balaban J connectivity index is 1.55. The predicted molar refractivity (Wildman–Crippen MR) is 112 cm³/mol. The molecule has 0 bridgehead atoms. The number of carbonyl (C=O) groups is 3. The normalized spacial score (nSPS) is 17.1. The molecule has 158 valence electrons. The quantitative estimate of drug-likeness (QED) is 0.524. The molecular formula is C24H27NO5. The van der Waals surface area contributed by atoms with E-state index in [0.717, 1.165) is 24.0 Å². The average molecular weight is 409 g/mol.